The highest BCUT2D eigenvalue weighted by atomic mass is 32.1. The first kappa shape index (κ1) is 12.5. The molecular weight excluding hydrogens is 230 g/mol. The Morgan fingerprint density at radius 2 is 2.06 bits per heavy atom. The van der Waals surface area contributed by atoms with Crippen LogP contribution in [0, 0.1) is 0 Å². The minimum absolute atomic E-state index is 0.118. The van der Waals surface area contributed by atoms with E-state index in [0.717, 1.165) is 10.5 Å². The highest BCUT2D eigenvalue weighted by Crippen LogP contribution is 2.32. The van der Waals surface area contributed by atoms with Crippen LogP contribution >= 0.6 is 11.3 Å². The normalized spacial score (nSPS) is 25.2. The molecule has 1 fully saturated rings. The van der Waals surface area contributed by atoms with Crippen LogP contribution in [0.4, 0.5) is 0 Å². The lowest BCUT2D eigenvalue weighted by molar-refractivity contribution is -0.119. The van der Waals surface area contributed by atoms with Gasteiger partial charge in [0.25, 0.3) is 0 Å². The van der Waals surface area contributed by atoms with Crippen LogP contribution < -0.4 is 5.32 Å². The number of piperidine rings is 1. The van der Waals surface area contributed by atoms with Crippen molar-refractivity contribution >= 4 is 23.2 Å². The molecule has 2 rings (SSSR count). The largest absolute Gasteiger partial charge is 0.302 e. The summed E-state index contributed by atoms with van der Waals surface area (Å²) < 4.78 is 0. The van der Waals surface area contributed by atoms with E-state index in [1.54, 1.807) is 11.3 Å². The summed E-state index contributed by atoms with van der Waals surface area (Å²) in [5.74, 6) is 0.257. The Labute approximate surface area is 107 Å². The number of carbonyl (C=O) groups is 1. The second kappa shape index (κ2) is 4.07. The smallest absolute Gasteiger partial charge is 0.162 e. The third-order valence-corrected chi connectivity index (χ3v) is 3.88. The zero-order chi connectivity index (χ0) is 12.7. The molecule has 0 amide bonds. The number of nitrogens with one attached hydrogen (secondary N) is 1. The van der Waals surface area contributed by atoms with Crippen molar-refractivity contribution in [1.82, 2.24) is 5.32 Å². The van der Waals surface area contributed by atoms with Gasteiger partial charge in [0.15, 0.2) is 5.78 Å². The maximum absolute atomic E-state index is 12.2. The van der Waals surface area contributed by atoms with Gasteiger partial charge in [-0.05, 0) is 45.2 Å². The Balaban J connectivity index is 2.37. The predicted octanol–water partition coefficient (Wildman–Crippen LogP) is 3.25. The van der Waals surface area contributed by atoms with Crippen molar-refractivity contribution in [3.8, 4) is 0 Å². The number of carbonyl (C=O) groups excluding carboxylic acids is 1. The van der Waals surface area contributed by atoms with E-state index in [2.05, 4.69) is 33.0 Å². The molecule has 0 unspecified atom stereocenters. The fraction of sp³-hybridized carbons (Fsp3) is 0.500. The van der Waals surface area contributed by atoms with E-state index in [1.807, 2.05) is 23.6 Å². The molecule has 1 aromatic heterocycles. The summed E-state index contributed by atoms with van der Waals surface area (Å²) in [4.78, 5) is 13.4. The summed E-state index contributed by atoms with van der Waals surface area (Å²) in [5.41, 5.74) is 0.509. The molecule has 92 valence electrons. The van der Waals surface area contributed by atoms with Gasteiger partial charge in [-0.3, -0.25) is 4.79 Å². The quantitative estimate of drug-likeness (QED) is 0.774. The van der Waals surface area contributed by atoms with Crippen molar-refractivity contribution in [3.05, 3.63) is 28.0 Å². The van der Waals surface area contributed by atoms with Gasteiger partial charge >= 0.3 is 0 Å². The van der Waals surface area contributed by atoms with Crippen molar-refractivity contribution < 1.29 is 4.79 Å². The molecule has 17 heavy (non-hydrogen) atoms. The minimum Gasteiger partial charge on any atom is -0.302 e. The fourth-order valence-electron chi connectivity index (χ4n) is 2.58. The van der Waals surface area contributed by atoms with Gasteiger partial charge in [0, 0.05) is 27.9 Å². The van der Waals surface area contributed by atoms with Crippen molar-refractivity contribution in [1.29, 1.82) is 0 Å². The molecule has 0 aromatic carbocycles. The van der Waals surface area contributed by atoms with Crippen LogP contribution in [-0.4, -0.2) is 16.9 Å². The van der Waals surface area contributed by atoms with E-state index in [0.29, 0.717) is 6.42 Å². The van der Waals surface area contributed by atoms with Gasteiger partial charge in [0.05, 0.1) is 0 Å². The number of hydrogen-bond donors (Lipinski definition) is 1. The number of thiophene rings is 1. The molecule has 2 nitrogen and oxygen atoms in total. The molecule has 0 spiro atoms. The molecule has 0 radical (unpaired) electrons. The highest BCUT2D eigenvalue weighted by molar-refractivity contribution is 7.10. The number of ketones is 1. The van der Waals surface area contributed by atoms with E-state index >= 15 is 0 Å². The summed E-state index contributed by atoms with van der Waals surface area (Å²) in [7, 11) is 0. The van der Waals surface area contributed by atoms with Gasteiger partial charge in [-0.25, -0.2) is 0 Å². The molecule has 1 aliphatic rings. The molecule has 0 saturated carbocycles. The standard InChI is InChI=1S/C14H19NOS/c1-13(2)9-12(16)11(14(3,4)15-13)8-10-6-5-7-17-10/h5-8,15H,9H2,1-4H3. The van der Waals surface area contributed by atoms with Crippen LogP contribution in [0.1, 0.15) is 39.0 Å². The van der Waals surface area contributed by atoms with Gasteiger partial charge in [-0.1, -0.05) is 6.07 Å². The zero-order valence-electron chi connectivity index (χ0n) is 10.8. The Kier molecular flexibility index (Phi) is 3.00. The van der Waals surface area contributed by atoms with E-state index in [-0.39, 0.29) is 16.9 Å². The lowest BCUT2D eigenvalue weighted by Gasteiger charge is -2.43. The Bertz CT molecular complexity index is 455. The van der Waals surface area contributed by atoms with E-state index in [1.165, 1.54) is 0 Å². The van der Waals surface area contributed by atoms with Gasteiger partial charge in [-0.15, -0.1) is 11.3 Å². The molecule has 0 atom stereocenters. The average Bonchev–Trinajstić information content (AvgIpc) is 2.60. The Hall–Kier alpha value is -0.930. The lowest BCUT2D eigenvalue weighted by atomic mass is 9.77. The number of rotatable bonds is 1. The third kappa shape index (κ3) is 2.67. The second-order valence-corrected chi connectivity index (χ2v) is 6.79. The second-order valence-electron chi connectivity index (χ2n) is 5.81. The van der Waals surface area contributed by atoms with Crippen molar-refractivity contribution in [2.75, 3.05) is 0 Å². The van der Waals surface area contributed by atoms with Crippen LogP contribution in [0.3, 0.4) is 0 Å². The first-order valence-electron chi connectivity index (χ1n) is 5.88. The van der Waals surface area contributed by atoms with Gasteiger partial charge in [-0.2, -0.15) is 0 Å². The maximum Gasteiger partial charge on any atom is 0.162 e. The summed E-state index contributed by atoms with van der Waals surface area (Å²) in [6.45, 7) is 8.31. The monoisotopic (exact) mass is 249 g/mol. The topological polar surface area (TPSA) is 29.1 Å². The van der Waals surface area contributed by atoms with E-state index in [9.17, 15) is 4.79 Å². The fourth-order valence-corrected chi connectivity index (χ4v) is 3.24. The van der Waals surface area contributed by atoms with Gasteiger partial charge < -0.3 is 5.32 Å². The van der Waals surface area contributed by atoms with Crippen molar-refractivity contribution in [2.45, 2.75) is 45.2 Å². The SMILES string of the molecule is CC1(C)CC(=O)C(=Cc2cccs2)C(C)(C)N1. The Morgan fingerprint density at radius 1 is 1.35 bits per heavy atom. The molecule has 1 aromatic rings. The third-order valence-electron chi connectivity index (χ3n) is 3.06. The highest BCUT2D eigenvalue weighted by Gasteiger charge is 2.40. The van der Waals surface area contributed by atoms with Crippen LogP contribution in [0.5, 0.6) is 0 Å². The maximum atomic E-state index is 12.2. The average molecular weight is 249 g/mol. The first-order chi connectivity index (χ1) is 7.80. The minimum atomic E-state index is -0.261. The van der Waals surface area contributed by atoms with Gasteiger partial charge in [0.2, 0.25) is 0 Å². The molecule has 1 aliphatic heterocycles. The number of Topliss-reactive ketones (excluding diaryl/α,β-unsaturated/α-hetero) is 1. The van der Waals surface area contributed by atoms with Crippen LogP contribution in [0.15, 0.2) is 23.1 Å². The molecular formula is C14H19NOS. The van der Waals surface area contributed by atoms with Crippen LogP contribution in [0.2, 0.25) is 0 Å². The number of hydrogen-bond acceptors (Lipinski definition) is 3. The summed E-state index contributed by atoms with van der Waals surface area (Å²) >= 11 is 1.66. The van der Waals surface area contributed by atoms with Gasteiger partial charge in [0.1, 0.15) is 0 Å². The van der Waals surface area contributed by atoms with Crippen LogP contribution in [-0.2, 0) is 4.79 Å². The van der Waals surface area contributed by atoms with Crippen molar-refractivity contribution in [2.24, 2.45) is 0 Å². The van der Waals surface area contributed by atoms with E-state index in [4.69, 9.17) is 0 Å². The molecule has 0 bridgehead atoms. The Morgan fingerprint density at radius 3 is 2.59 bits per heavy atom. The van der Waals surface area contributed by atoms with Crippen LogP contribution in [0.25, 0.3) is 6.08 Å². The van der Waals surface area contributed by atoms with Crippen molar-refractivity contribution in [3.63, 3.8) is 0 Å². The predicted molar refractivity (Wildman–Crippen MR) is 73.2 cm³/mol. The lowest BCUT2D eigenvalue weighted by Crippen LogP contribution is -2.59. The molecule has 0 aliphatic carbocycles. The molecule has 1 saturated heterocycles. The molecule has 3 heteroatoms. The summed E-state index contributed by atoms with van der Waals surface area (Å²) in [6, 6.07) is 4.05. The first-order valence-corrected chi connectivity index (χ1v) is 6.76. The molecule has 1 N–H and O–H groups in total. The molecule has 2 heterocycles. The zero-order valence-corrected chi connectivity index (χ0v) is 11.6. The van der Waals surface area contributed by atoms with E-state index < -0.39 is 0 Å². The summed E-state index contributed by atoms with van der Waals surface area (Å²) in [5, 5.41) is 5.57. The summed E-state index contributed by atoms with van der Waals surface area (Å²) in [6.07, 6.45) is 2.59.